The van der Waals surface area contributed by atoms with E-state index in [2.05, 4.69) is 30.8 Å². The first kappa shape index (κ1) is 14.4. The van der Waals surface area contributed by atoms with Gasteiger partial charge in [0.25, 0.3) is 0 Å². The van der Waals surface area contributed by atoms with Gasteiger partial charge in [-0.25, -0.2) is 0 Å². The molecule has 1 nitrogen and oxygen atoms in total. The van der Waals surface area contributed by atoms with Crippen molar-refractivity contribution in [3.63, 3.8) is 0 Å². The lowest BCUT2D eigenvalue weighted by atomic mass is 9.88. The van der Waals surface area contributed by atoms with Gasteiger partial charge in [-0.2, -0.15) is 17.9 Å². The van der Waals surface area contributed by atoms with E-state index in [0.717, 1.165) is 27.8 Å². The molecule has 0 radical (unpaired) electrons. The Hall–Kier alpha value is -2.50. The predicted octanol–water partition coefficient (Wildman–Crippen LogP) is 5.32. The lowest BCUT2D eigenvalue weighted by Gasteiger charge is -2.16. The molecule has 0 aliphatic carbocycles. The van der Waals surface area contributed by atoms with Crippen LogP contribution in [0.25, 0.3) is 22.3 Å². The molecular formula is C20H15NS. The van der Waals surface area contributed by atoms with Crippen LogP contribution in [-0.4, -0.2) is 0 Å². The van der Waals surface area contributed by atoms with Crippen molar-refractivity contribution >= 4 is 12.6 Å². The van der Waals surface area contributed by atoms with Crippen LogP contribution < -0.4 is 0 Å². The van der Waals surface area contributed by atoms with Gasteiger partial charge in [-0.1, -0.05) is 66.7 Å². The number of nitrogens with zero attached hydrogens (tertiary/aromatic N) is 1. The van der Waals surface area contributed by atoms with Crippen molar-refractivity contribution in [2.75, 3.05) is 0 Å². The van der Waals surface area contributed by atoms with Gasteiger partial charge in [0.15, 0.2) is 0 Å². The van der Waals surface area contributed by atoms with Gasteiger partial charge in [0.2, 0.25) is 0 Å². The first-order valence-corrected chi connectivity index (χ1v) is 7.76. The van der Waals surface area contributed by atoms with E-state index >= 15 is 0 Å². The molecule has 3 aromatic rings. The maximum Gasteiger partial charge on any atom is 0.0998 e. The topological polar surface area (TPSA) is 23.8 Å². The molecule has 0 fully saturated rings. The Balaban J connectivity index is 2.38. The molecule has 106 valence electrons. The zero-order chi connectivity index (χ0) is 15.4. The highest BCUT2D eigenvalue weighted by molar-refractivity contribution is 7.79. The van der Waals surface area contributed by atoms with Crippen LogP contribution in [0.2, 0.25) is 0 Å². The summed E-state index contributed by atoms with van der Waals surface area (Å²) in [7, 11) is 0. The van der Waals surface area contributed by atoms with Crippen LogP contribution in [0.15, 0.2) is 72.8 Å². The molecule has 0 N–H and O–H groups in total. The first-order chi connectivity index (χ1) is 10.8. The van der Waals surface area contributed by atoms with E-state index < -0.39 is 0 Å². The van der Waals surface area contributed by atoms with E-state index in [1.165, 1.54) is 0 Å². The van der Waals surface area contributed by atoms with Gasteiger partial charge in [0.1, 0.15) is 0 Å². The highest BCUT2D eigenvalue weighted by atomic mass is 32.1. The Morgan fingerprint density at radius 1 is 0.727 bits per heavy atom. The fraction of sp³-hybridized carbons (Fsp3) is 0.0500. The minimum absolute atomic E-state index is 0.635. The molecule has 0 unspecified atom stereocenters. The molecule has 0 aromatic heterocycles. The van der Waals surface area contributed by atoms with E-state index in [-0.39, 0.29) is 0 Å². The molecule has 0 heterocycles. The summed E-state index contributed by atoms with van der Waals surface area (Å²) in [6, 6.07) is 26.5. The molecule has 0 aliphatic heterocycles. The van der Waals surface area contributed by atoms with Gasteiger partial charge in [-0.15, -0.1) is 0 Å². The van der Waals surface area contributed by atoms with Gasteiger partial charge in [0.05, 0.1) is 11.6 Å². The molecule has 0 bridgehead atoms. The quantitative estimate of drug-likeness (QED) is 0.650. The fourth-order valence-electron chi connectivity index (χ4n) is 2.71. The van der Waals surface area contributed by atoms with E-state index in [4.69, 9.17) is 0 Å². The summed E-state index contributed by atoms with van der Waals surface area (Å²) in [5.41, 5.74) is 6.08. The summed E-state index contributed by atoms with van der Waals surface area (Å²) in [5.74, 6) is 0.635. The van der Waals surface area contributed by atoms with E-state index in [0.29, 0.717) is 11.3 Å². The van der Waals surface area contributed by atoms with E-state index in [1.54, 1.807) is 0 Å². The van der Waals surface area contributed by atoms with Crippen molar-refractivity contribution in [2.45, 2.75) is 5.75 Å². The third-order valence-electron chi connectivity index (χ3n) is 3.71. The lowest BCUT2D eigenvalue weighted by Crippen LogP contribution is -1.95. The average molecular weight is 301 g/mol. The van der Waals surface area contributed by atoms with Gasteiger partial charge in [-0.05, 0) is 28.3 Å². The maximum absolute atomic E-state index is 9.55. The van der Waals surface area contributed by atoms with Gasteiger partial charge >= 0.3 is 0 Å². The minimum Gasteiger partial charge on any atom is -0.192 e. The molecule has 0 aliphatic rings. The van der Waals surface area contributed by atoms with Crippen LogP contribution in [0.4, 0.5) is 0 Å². The molecule has 0 atom stereocenters. The highest BCUT2D eigenvalue weighted by Crippen LogP contribution is 2.38. The predicted molar refractivity (Wildman–Crippen MR) is 94.7 cm³/mol. The van der Waals surface area contributed by atoms with Gasteiger partial charge in [-0.3, -0.25) is 0 Å². The van der Waals surface area contributed by atoms with E-state index in [1.807, 2.05) is 60.7 Å². The molecule has 3 aromatic carbocycles. The highest BCUT2D eigenvalue weighted by Gasteiger charge is 2.15. The Morgan fingerprint density at radius 3 is 1.77 bits per heavy atom. The van der Waals surface area contributed by atoms with Crippen molar-refractivity contribution in [3.05, 3.63) is 83.9 Å². The molecule has 3 rings (SSSR count). The molecule has 0 saturated carbocycles. The second kappa shape index (κ2) is 6.51. The third-order valence-corrected chi connectivity index (χ3v) is 4.05. The lowest BCUT2D eigenvalue weighted by molar-refractivity contribution is 1.39. The van der Waals surface area contributed by atoms with Crippen LogP contribution in [-0.2, 0) is 5.75 Å². The van der Waals surface area contributed by atoms with Crippen molar-refractivity contribution in [3.8, 4) is 28.3 Å². The van der Waals surface area contributed by atoms with Crippen molar-refractivity contribution < 1.29 is 0 Å². The third kappa shape index (κ3) is 2.64. The second-order valence-corrected chi connectivity index (χ2v) is 5.34. The van der Waals surface area contributed by atoms with Crippen LogP contribution in [0.5, 0.6) is 0 Å². The van der Waals surface area contributed by atoms with Crippen molar-refractivity contribution in [1.82, 2.24) is 0 Å². The molecule has 0 spiro atoms. The second-order valence-electron chi connectivity index (χ2n) is 5.02. The summed E-state index contributed by atoms with van der Waals surface area (Å²) >= 11 is 4.47. The average Bonchev–Trinajstić information content (AvgIpc) is 2.61. The van der Waals surface area contributed by atoms with Gasteiger partial charge < -0.3 is 0 Å². The summed E-state index contributed by atoms with van der Waals surface area (Å²) in [6.45, 7) is 0. The molecule has 0 amide bonds. The van der Waals surface area contributed by atoms with E-state index in [9.17, 15) is 5.26 Å². The van der Waals surface area contributed by atoms with Crippen LogP contribution in [0.3, 0.4) is 0 Å². The van der Waals surface area contributed by atoms with Crippen LogP contribution in [0, 0.1) is 11.3 Å². The number of rotatable bonds is 3. The van der Waals surface area contributed by atoms with Crippen LogP contribution >= 0.6 is 12.6 Å². The minimum atomic E-state index is 0.635. The molecule has 22 heavy (non-hydrogen) atoms. The Bertz CT molecular complexity index is 818. The Morgan fingerprint density at radius 2 is 1.27 bits per heavy atom. The summed E-state index contributed by atoms with van der Waals surface area (Å²) in [4.78, 5) is 0. The van der Waals surface area contributed by atoms with Crippen molar-refractivity contribution in [1.29, 1.82) is 5.26 Å². The molecule has 0 saturated heterocycles. The monoisotopic (exact) mass is 301 g/mol. The smallest absolute Gasteiger partial charge is 0.0998 e. The SMILES string of the molecule is N#Cc1ccc(CS)c(-c2ccccc2)c1-c1ccccc1. The summed E-state index contributed by atoms with van der Waals surface area (Å²) in [6.07, 6.45) is 0. The standard InChI is InChI=1S/C20H15NS/c21-13-17-11-12-18(14-22)20(16-9-5-2-6-10-16)19(17)15-7-3-1-4-8-15/h1-12,22H,14H2. The summed E-state index contributed by atoms with van der Waals surface area (Å²) in [5, 5.41) is 9.55. The maximum atomic E-state index is 9.55. The normalized spacial score (nSPS) is 10.2. The Labute approximate surface area is 136 Å². The number of hydrogen-bond acceptors (Lipinski definition) is 2. The molecule has 2 heteroatoms. The van der Waals surface area contributed by atoms with Crippen LogP contribution in [0.1, 0.15) is 11.1 Å². The zero-order valence-corrected chi connectivity index (χ0v) is 12.9. The van der Waals surface area contributed by atoms with Crippen molar-refractivity contribution in [2.24, 2.45) is 0 Å². The summed E-state index contributed by atoms with van der Waals surface area (Å²) < 4.78 is 0. The first-order valence-electron chi connectivity index (χ1n) is 7.13. The number of benzene rings is 3. The molecular weight excluding hydrogens is 286 g/mol. The number of nitriles is 1. The fourth-order valence-corrected chi connectivity index (χ4v) is 2.97. The largest absolute Gasteiger partial charge is 0.192 e. The number of thiol groups is 1. The zero-order valence-electron chi connectivity index (χ0n) is 12.0. The number of hydrogen-bond donors (Lipinski definition) is 1. The Kier molecular flexibility index (Phi) is 4.27. The van der Waals surface area contributed by atoms with Gasteiger partial charge in [0, 0.05) is 11.3 Å².